The summed E-state index contributed by atoms with van der Waals surface area (Å²) in [4.78, 5) is 26.1. The van der Waals surface area contributed by atoms with Crippen LogP contribution in [0.15, 0.2) is 66.7 Å². The second-order valence-corrected chi connectivity index (χ2v) is 10.1. The number of halogens is 3. The molecule has 3 aromatic carbocycles. The molecule has 3 aromatic rings. The molecule has 2 N–H and O–H groups in total. The monoisotopic (exact) mass is 592 g/mol. The third-order valence-corrected chi connectivity index (χ3v) is 6.50. The minimum Gasteiger partial charge on any atom is -0.492 e. The maximum absolute atomic E-state index is 13.1. The van der Waals surface area contributed by atoms with Crippen LogP contribution in [0.4, 0.5) is 10.5 Å². The van der Waals surface area contributed by atoms with Gasteiger partial charge in [0.1, 0.15) is 12.4 Å². The van der Waals surface area contributed by atoms with E-state index in [1.165, 1.54) is 0 Å². The predicted molar refractivity (Wildman–Crippen MR) is 156 cm³/mol. The molecule has 0 saturated heterocycles. The highest BCUT2D eigenvalue weighted by Gasteiger charge is 2.18. The quantitative estimate of drug-likeness (QED) is 0.206. The first-order valence-electron chi connectivity index (χ1n) is 12.6. The van der Waals surface area contributed by atoms with Crippen LogP contribution in [-0.4, -0.2) is 54.4 Å². The van der Waals surface area contributed by atoms with Gasteiger partial charge in [0.05, 0.1) is 6.54 Å². The Kier molecular flexibility index (Phi) is 12.2. The first kappa shape index (κ1) is 30.6. The second-order valence-electron chi connectivity index (χ2n) is 8.78. The van der Waals surface area contributed by atoms with Gasteiger partial charge in [-0.2, -0.15) is 0 Å². The van der Waals surface area contributed by atoms with Crippen LogP contribution >= 0.6 is 34.8 Å². The molecule has 0 radical (unpaired) electrons. The first-order valence-corrected chi connectivity index (χ1v) is 13.7. The number of urea groups is 1. The zero-order valence-corrected chi connectivity index (χ0v) is 23.8. The third kappa shape index (κ3) is 10.6. The number of anilines is 1. The van der Waals surface area contributed by atoms with Crippen LogP contribution in [0.2, 0.25) is 15.1 Å². The Hall–Kier alpha value is -2.97. The van der Waals surface area contributed by atoms with Crippen molar-refractivity contribution in [1.29, 1.82) is 0 Å². The molecule has 0 aliphatic carbocycles. The minimum atomic E-state index is -0.993. The average molecular weight is 594 g/mol. The Morgan fingerprint density at radius 2 is 1.56 bits per heavy atom. The van der Waals surface area contributed by atoms with Gasteiger partial charge in [0, 0.05) is 40.3 Å². The fraction of sp³-hybridized carbons (Fsp3) is 0.310. The predicted octanol–water partition coefficient (Wildman–Crippen LogP) is 7.22. The maximum atomic E-state index is 13.1. The van der Waals surface area contributed by atoms with Crippen LogP contribution in [0, 0.1) is 0 Å². The van der Waals surface area contributed by atoms with E-state index in [0.717, 1.165) is 11.1 Å². The number of carboxylic acid groups (broad SMARTS) is 1. The number of rotatable bonds is 14. The minimum absolute atomic E-state index is 0.254. The number of aliphatic carboxylic acids is 1. The van der Waals surface area contributed by atoms with E-state index in [1.54, 1.807) is 54.3 Å². The van der Waals surface area contributed by atoms with Gasteiger partial charge in [0.15, 0.2) is 6.10 Å². The number of hydrogen-bond acceptors (Lipinski definition) is 4. The SMILES string of the molecule is CCOC(Cc1ccc(OCCN(CCCc2cc(Cl)cc(Cl)c2)C(=O)Nc2ccc(Cl)cc2)cc1)C(=O)O. The highest BCUT2D eigenvalue weighted by Crippen LogP contribution is 2.21. The number of nitrogens with zero attached hydrogens (tertiary/aromatic N) is 1. The molecule has 0 saturated carbocycles. The second kappa shape index (κ2) is 15.6. The third-order valence-electron chi connectivity index (χ3n) is 5.82. The van der Waals surface area contributed by atoms with Crippen molar-refractivity contribution in [2.24, 2.45) is 0 Å². The van der Waals surface area contributed by atoms with Crippen molar-refractivity contribution in [3.63, 3.8) is 0 Å². The Morgan fingerprint density at radius 3 is 2.18 bits per heavy atom. The molecule has 208 valence electrons. The van der Waals surface area contributed by atoms with Gasteiger partial charge in [-0.25, -0.2) is 9.59 Å². The van der Waals surface area contributed by atoms with Crippen molar-refractivity contribution in [3.05, 3.63) is 92.9 Å². The van der Waals surface area contributed by atoms with E-state index in [0.29, 0.717) is 59.0 Å². The molecule has 10 heteroatoms. The van der Waals surface area contributed by atoms with Gasteiger partial charge in [0.25, 0.3) is 0 Å². The van der Waals surface area contributed by atoms with E-state index in [4.69, 9.17) is 44.3 Å². The summed E-state index contributed by atoms with van der Waals surface area (Å²) in [6.07, 6.45) is 0.772. The number of aryl methyl sites for hydroxylation is 1. The van der Waals surface area contributed by atoms with Gasteiger partial charge in [-0.3, -0.25) is 0 Å². The van der Waals surface area contributed by atoms with E-state index < -0.39 is 12.1 Å². The number of hydrogen-bond donors (Lipinski definition) is 2. The van der Waals surface area contributed by atoms with Crippen molar-refractivity contribution in [3.8, 4) is 5.75 Å². The lowest BCUT2D eigenvalue weighted by Gasteiger charge is -2.23. The van der Waals surface area contributed by atoms with E-state index in [2.05, 4.69) is 5.32 Å². The van der Waals surface area contributed by atoms with E-state index >= 15 is 0 Å². The van der Waals surface area contributed by atoms with E-state index in [9.17, 15) is 14.7 Å². The summed E-state index contributed by atoms with van der Waals surface area (Å²) in [5.74, 6) is -0.374. The number of carbonyl (C=O) groups excluding carboxylic acids is 1. The van der Waals surface area contributed by atoms with Crippen molar-refractivity contribution in [1.82, 2.24) is 4.90 Å². The summed E-state index contributed by atoms with van der Waals surface area (Å²) >= 11 is 18.2. The Bertz CT molecular complexity index is 1200. The fourth-order valence-corrected chi connectivity index (χ4v) is 4.61. The molecule has 0 heterocycles. The topological polar surface area (TPSA) is 88.1 Å². The zero-order valence-electron chi connectivity index (χ0n) is 21.5. The lowest BCUT2D eigenvalue weighted by Crippen LogP contribution is -2.38. The molecule has 0 aromatic heterocycles. The number of carbonyl (C=O) groups is 2. The summed E-state index contributed by atoms with van der Waals surface area (Å²) in [6, 6.07) is 19.3. The Labute approximate surface area is 243 Å². The van der Waals surface area contributed by atoms with E-state index in [-0.39, 0.29) is 19.1 Å². The van der Waals surface area contributed by atoms with E-state index in [1.807, 2.05) is 24.3 Å². The van der Waals surface area contributed by atoms with Crippen LogP contribution in [-0.2, 0) is 22.4 Å². The van der Waals surface area contributed by atoms with Gasteiger partial charge in [0.2, 0.25) is 0 Å². The summed E-state index contributed by atoms with van der Waals surface area (Å²) in [6.45, 7) is 3.20. The average Bonchev–Trinajstić information content (AvgIpc) is 2.89. The van der Waals surface area contributed by atoms with Gasteiger partial charge in [-0.15, -0.1) is 0 Å². The number of amides is 2. The van der Waals surface area contributed by atoms with Crippen molar-refractivity contribution in [2.75, 3.05) is 31.6 Å². The van der Waals surface area contributed by atoms with Crippen LogP contribution in [0.1, 0.15) is 24.5 Å². The Morgan fingerprint density at radius 1 is 0.897 bits per heavy atom. The van der Waals surface area contributed by atoms with Crippen LogP contribution in [0.5, 0.6) is 5.75 Å². The molecular weight excluding hydrogens is 563 g/mol. The molecule has 39 heavy (non-hydrogen) atoms. The summed E-state index contributed by atoms with van der Waals surface area (Å²) in [5.41, 5.74) is 2.46. The molecule has 1 atom stereocenters. The Balaban J connectivity index is 1.58. The first-order chi connectivity index (χ1) is 18.7. The molecular formula is C29H31Cl3N2O5. The largest absolute Gasteiger partial charge is 0.492 e. The smallest absolute Gasteiger partial charge is 0.333 e. The molecule has 1 unspecified atom stereocenters. The molecule has 0 bridgehead atoms. The number of ether oxygens (including phenoxy) is 2. The number of carboxylic acids is 1. The molecule has 0 fully saturated rings. The summed E-state index contributed by atoms with van der Waals surface area (Å²) in [5, 5.41) is 13.9. The highest BCUT2D eigenvalue weighted by atomic mass is 35.5. The van der Waals surface area contributed by atoms with Gasteiger partial charge >= 0.3 is 12.0 Å². The number of nitrogens with one attached hydrogen (secondary N) is 1. The molecule has 0 aliphatic rings. The van der Waals surface area contributed by atoms with Crippen molar-refractivity contribution < 1.29 is 24.2 Å². The van der Waals surface area contributed by atoms with Gasteiger partial charge < -0.3 is 24.8 Å². The molecule has 7 nitrogen and oxygen atoms in total. The lowest BCUT2D eigenvalue weighted by molar-refractivity contribution is -0.149. The molecule has 0 spiro atoms. The molecule has 0 aliphatic heterocycles. The van der Waals surface area contributed by atoms with Crippen LogP contribution < -0.4 is 10.1 Å². The molecule has 2 amide bonds. The normalized spacial score (nSPS) is 11.6. The van der Waals surface area contributed by atoms with Gasteiger partial charge in [-0.05, 0) is 85.5 Å². The van der Waals surface area contributed by atoms with Crippen molar-refractivity contribution >= 4 is 52.5 Å². The number of benzene rings is 3. The van der Waals surface area contributed by atoms with Crippen LogP contribution in [0.3, 0.4) is 0 Å². The maximum Gasteiger partial charge on any atom is 0.333 e. The highest BCUT2D eigenvalue weighted by molar-refractivity contribution is 6.34. The summed E-state index contributed by atoms with van der Waals surface area (Å²) in [7, 11) is 0. The lowest BCUT2D eigenvalue weighted by atomic mass is 10.1. The van der Waals surface area contributed by atoms with Crippen molar-refractivity contribution in [2.45, 2.75) is 32.3 Å². The van der Waals surface area contributed by atoms with Crippen LogP contribution in [0.25, 0.3) is 0 Å². The fourth-order valence-electron chi connectivity index (χ4n) is 3.91. The molecule has 3 rings (SSSR count). The zero-order chi connectivity index (χ0) is 28.2. The van der Waals surface area contributed by atoms with Gasteiger partial charge in [-0.1, -0.05) is 46.9 Å². The standard InChI is InChI=1S/C29H31Cl3N2O5/c1-2-38-27(28(35)36)18-20-5-11-26(12-6-20)39-15-14-34(29(37)33-25-9-7-22(30)8-10-25)13-3-4-21-16-23(31)19-24(32)17-21/h5-12,16-17,19,27H,2-4,13-15,18H2,1H3,(H,33,37)(H,35,36). The summed E-state index contributed by atoms with van der Waals surface area (Å²) < 4.78 is 11.2.